The quantitative estimate of drug-likeness (QED) is 0.745. The molecule has 1 aromatic heterocycles. The van der Waals surface area contributed by atoms with Gasteiger partial charge in [0.1, 0.15) is 11.6 Å². The maximum atomic E-state index is 14.5. The first-order valence-electron chi connectivity index (χ1n) is 7.98. The van der Waals surface area contributed by atoms with Crippen molar-refractivity contribution in [1.82, 2.24) is 9.88 Å². The van der Waals surface area contributed by atoms with Crippen molar-refractivity contribution in [3.8, 4) is 11.8 Å². The van der Waals surface area contributed by atoms with Crippen LogP contribution in [0.15, 0.2) is 36.5 Å². The summed E-state index contributed by atoms with van der Waals surface area (Å²) in [5, 5.41) is 0. The molecular weight excluding hydrogens is 322 g/mol. The largest absolute Gasteiger partial charge is 0.340 e. The van der Waals surface area contributed by atoms with Crippen LogP contribution in [0.2, 0.25) is 0 Å². The number of nitrogens with zero attached hydrogens (tertiary/aromatic N) is 2. The molecular formula is C20H18F2N2O. The predicted molar refractivity (Wildman–Crippen MR) is 90.8 cm³/mol. The summed E-state index contributed by atoms with van der Waals surface area (Å²) in [4.78, 5) is 18.1. The lowest BCUT2D eigenvalue weighted by molar-refractivity contribution is -0.130. The Morgan fingerprint density at radius 3 is 2.52 bits per heavy atom. The van der Waals surface area contributed by atoms with Crippen molar-refractivity contribution in [1.29, 1.82) is 0 Å². The van der Waals surface area contributed by atoms with Crippen molar-refractivity contribution in [3.63, 3.8) is 0 Å². The third-order valence-electron chi connectivity index (χ3n) is 4.62. The molecule has 5 heteroatoms. The Kier molecular flexibility index (Phi) is 4.30. The molecule has 1 saturated heterocycles. The molecule has 1 aromatic carbocycles. The number of amides is 1. The number of aromatic nitrogens is 1. The highest BCUT2D eigenvalue weighted by molar-refractivity contribution is 5.86. The lowest BCUT2D eigenvalue weighted by atomic mass is 9.93. The summed E-state index contributed by atoms with van der Waals surface area (Å²) in [5.74, 6) is 3.91. The van der Waals surface area contributed by atoms with Crippen LogP contribution < -0.4 is 0 Å². The van der Waals surface area contributed by atoms with Gasteiger partial charge < -0.3 is 4.90 Å². The number of hydrogen-bond acceptors (Lipinski definition) is 2. The number of benzene rings is 1. The summed E-state index contributed by atoms with van der Waals surface area (Å²) in [6.07, 6.45) is 1.96. The van der Waals surface area contributed by atoms with Crippen LogP contribution in [-0.2, 0) is 4.79 Å². The van der Waals surface area contributed by atoms with Gasteiger partial charge in [-0.05, 0) is 44.5 Å². The van der Waals surface area contributed by atoms with Crippen LogP contribution in [-0.4, -0.2) is 28.4 Å². The Balaban J connectivity index is 1.87. The lowest BCUT2D eigenvalue weighted by Crippen LogP contribution is -2.37. The number of pyridine rings is 1. The maximum absolute atomic E-state index is 14.5. The van der Waals surface area contributed by atoms with E-state index in [1.807, 2.05) is 13.8 Å². The van der Waals surface area contributed by atoms with Crippen molar-refractivity contribution in [3.05, 3.63) is 65.0 Å². The predicted octanol–water partition coefficient (Wildman–Crippen LogP) is 3.48. The number of carbonyl (C=O) groups excluding carboxylic acids is 1. The van der Waals surface area contributed by atoms with E-state index in [9.17, 15) is 13.6 Å². The second-order valence-corrected chi connectivity index (χ2v) is 6.82. The van der Waals surface area contributed by atoms with Crippen molar-refractivity contribution in [2.45, 2.75) is 31.7 Å². The molecule has 2 heterocycles. The molecule has 0 radical (unpaired) electrons. The number of hydrogen-bond donors (Lipinski definition) is 0. The average Bonchev–Trinajstić information content (AvgIpc) is 2.76. The van der Waals surface area contributed by atoms with Gasteiger partial charge in [0.2, 0.25) is 5.91 Å². The zero-order valence-electron chi connectivity index (χ0n) is 14.3. The fourth-order valence-corrected chi connectivity index (χ4v) is 2.95. The molecule has 3 nitrogen and oxygen atoms in total. The zero-order chi connectivity index (χ0) is 18.2. The molecule has 2 aromatic rings. The van der Waals surface area contributed by atoms with Crippen molar-refractivity contribution >= 4 is 5.91 Å². The molecule has 0 N–H and O–H groups in total. The molecule has 1 amide bonds. The first-order valence-corrected chi connectivity index (χ1v) is 7.98. The van der Waals surface area contributed by atoms with Gasteiger partial charge in [-0.15, -0.1) is 0 Å². The topological polar surface area (TPSA) is 33.2 Å². The molecule has 1 fully saturated rings. The SMILES string of the molecule is CN1C(=O)[C@H](c2ncc(C#Cc3cccc(F)c3)cc2F)CC1(C)C. The van der Waals surface area contributed by atoms with Gasteiger partial charge >= 0.3 is 0 Å². The van der Waals surface area contributed by atoms with Crippen molar-refractivity contribution < 1.29 is 13.6 Å². The first kappa shape index (κ1) is 17.1. The molecule has 1 atom stereocenters. The van der Waals surface area contributed by atoms with E-state index in [-0.39, 0.29) is 23.0 Å². The molecule has 128 valence electrons. The van der Waals surface area contributed by atoms with Gasteiger partial charge in [-0.3, -0.25) is 9.78 Å². The lowest BCUT2D eigenvalue weighted by Gasteiger charge is -2.26. The Hall–Kier alpha value is -2.74. The molecule has 0 saturated carbocycles. The van der Waals surface area contributed by atoms with Gasteiger partial charge in [0.25, 0.3) is 0 Å². The van der Waals surface area contributed by atoms with E-state index in [4.69, 9.17) is 0 Å². The molecule has 25 heavy (non-hydrogen) atoms. The summed E-state index contributed by atoms with van der Waals surface area (Å²) in [6.45, 7) is 3.89. The summed E-state index contributed by atoms with van der Waals surface area (Å²) in [7, 11) is 1.72. The Bertz CT molecular complexity index is 896. The summed E-state index contributed by atoms with van der Waals surface area (Å²) in [5.41, 5.74) is 0.701. The number of rotatable bonds is 1. The maximum Gasteiger partial charge on any atom is 0.232 e. The highest BCUT2D eigenvalue weighted by Gasteiger charge is 2.44. The molecule has 0 bridgehead atoms. The zero-order valence-corrected chi connectivity index (χ0v) is 14.3. The Morgan fingerprint density at radius 2 is 1.92 bits per heavy atom. The molecule has 3 rings (SSSR count). The fraction of sp³-hybridized carbons (Fsp3) is 0.300. The van der Waals surface area contributed by atoms with Crippen LogP contribution in [0.25, 0.3) is 0 Å². The van der Waals surface area contributed by atoms with E-state index in [1.165, 1.54) is 24.4 Å². The summed E-state index contributed by atoms with van der Waals surface area (Å²) in [6, 6.07) is 7.14. The van der Waals surface area contributed by atoms with Gasteiger partial charge in [0.05, 0.1) is 11.6 Å². The van der Waals surface area contributed by atoms with Crippen LogP contribution in [0.4, 0.5) is 8.78 Å². The van der Waals surface area contributed by atoms with Gasteiger partial charge in [-0.2, -0.15) is 0 Å². The molecule has 1 aliphatic rings. The molecule has 0 unspecified atom stereocenters. The van der Waals surface area contributed by atoms with Crippen molar-refractivity contribution in [2.24, 2.45) is 0 Å². The minimum absolute atomic E-state index is 0.130. The smallest absolute Gasteiger partial charge is 0.232 e. The van der Waals surface area contributed by atoms with Gasteiger partial charge in [-0.25, -0.2) is 8.78 Å². The van der Waals surface area contributed by atoms with E-state index in [1.54, 1.807) is 24.1 Å². The summed E-state index contributed by atoms with van der Waals surface area (Å²) < 4.78 is 27.6. The van der Waals surface area contributed by atoms with E-state index < -0.39 is 11.7 Å². The fourth-order valence-electron chi connectivity index (χ4n) is 2.95. The molecule has 0 spiro atoms. The Morgan fingerprint density at radius 1 is 1.20 bits per heavy atom. The second-order valence-electron chi connectivity index (χ2n) is 6.82. The van der Waals surface area contributed by atoms with E-state index in [0.29, 0.717) is 17.5 Å². The number of likely N-dealkylation sites (tertiary alicyclic amines) is 1. The van der Waals surface area contributed by atoms with Gasteiger partial charge in [-0.1, -0.05) is 17.9 Å². The van der Waals surface area contributed by atoms with Crippen LogP contribution >= 0.6 is 0 Å². The molecule has 1 aliphatic heterocycles. The third-order valence-corrected chi connectivity index (χ3v) is 4.62. The van der Waals surface area contributed by atoms with Gasteiger partial charge in [0.15, 0.2) is 0 Å². The minimum atomic E-state index is -0.578. The van der Waals surface area contributed by atoms with E-state index >= 15 is 0 Å². The Labute approximate surface area is 145 Å². The summed E-state index contributed by atoms with van der Waals surface area (Å²) >= 11 is 0. The van der Waals surface area contributed by atoms with Crippen LogP contribution in [0, 0.1) is 23.5 Å². The van der Waals surface area contributed by atoms with Gasteiger partial charge in [0, 0.05) is 29.9 Å². The van der Waals surface area contributed by atoms with Crippen LogP contribution in [0.3, 0.4) is 0 Å². The van der Waals surface area contributed by atoms with Crippen LogP contribution in [0.5, 0.6) is 0 Å². The number of likely N-dealkylation sites (N-methyl/N-ethyl adjacent to an activating group) is 1. The first-order chi connectivity index (χ1) is 11.8. The molecule has 0 aliphatic carbocycles. The monoisotopic (exact) mass is 340 g/mol. The number of halogens is 2. The van der Waals surface area contributed by atoms with Crippen molar-refractivity contribution in [2.75, 3.05) is 7.05 Å². The highest BCUT2D eigenvalue weighted by Crippen LogP contribution is 2.38. The second kappa shape index (κ2) is 6.29. The van der Waals surface area contributed by atoms with E-state index in [0.717, 1.165) is 0 Å². The standard InChI is InChI=1S/C20H18F2N2O/c1-20(2)11-16(19(25)24(20)3)18-17(22)10-14(12-23-18)8-7-13-5-4-6-15(21)9-13/h4-6,9-10,12,16H,11H2,1-3H3/t16-/m0/s1. The normalized spacial score (nSPS) is 18.8. The third kappa shape index (κ3) is 3.39. The van der Waals surface area contributed by atoms with E-state index in [2.05, 4.69) is 16.8 Å². The number of carbonyl (C=O) groups is 1. The average molecular weight is 340 g/mol. The highest BCUT2D eigenvalue weighted by atomic mass is 19.1. The minimum Gasteiger partial charge on any atom is -0.340 e. The van der Waals surface area contributed by atoms with Crippen LogP contribution in [0.1, 0.15) is 43.0 Å².